The number of aliphatic hydroxyl groups excluding tert-OH is 2. The zero-order chi connectivity index (χ0) is 15.9. The highest BCUT2D eigenvalue weighted by molar-refractivity contribution is 14.1. The molecule has 1 saturated heterocycles. The van der Waals surface area contributed by atoms with Crippen LogP contribution in [-0.4, -0.2) is 42.5 Å². The van der Waals surface area contributed by atoms with Crippen LogP contribution in [0.1, 0.15) is 11.8 Å². The highest BCUT2D eigenvalue weighted by Crippen LogP contribution is 2.31. The lowest BCUT2D eigenvalue weighted by Crippen LogP contribution is -2.40. The van der Waals surface area contributed by atoms with Gasteiger partial charge in [0.15, 0.2) is 6.23 Å². The van der Waals surface area contributed by atoms with Crippen molar-refractivity contribution < 1.29 is 28.1 Å². The number of aliphatic hydroxyl groups is 2. The summed E-state index contributed by atoms with van der Waals surface area (Å²) in [6.07, 6.45) is -9.97. The fourth-order valence-electron chi connectivity index (χ4n) is 1.96. The van der Waals surface area contributed by atoms with E-state index in [1.807, 2.05) is 22.6 Å². The zero-order valence-electron chi connectivity index (χ0n) is 10.2. The van der Waals surface area contributed by atoms with Crippen LogP contribution < -0.4 is 11.2 Å². The number of aromatic amines is 1. The van der Waals surface area contributed by atoms with Gasteiger partial charge in [0, 0.05) is 10.6 Å². The van der Waals surface area contributed by atoms with Crippen molar-refractivity contribution in [2.75, 3.05) is 4.43 Å². The molecule has 21 heavy (non-hydrogen) atoms. The number of nitrogens with zero attached hydrogens (tertiary/aromatic N) is 1. The number of hydrogen-bond donors (Lipinski definition) is 3. The van der Waals surface area contributed by atoms with Crippen molar-refractivity contribution in [3.8, 4) is 0 Å². The molecule has 2 heterocycles. The van der Waals surface area contributed by atoms with Crippen LogP contribution in [0, 0.1) is 0 Å². The van der Waals surface area contributed by atoms with E-state index in [0.717, 1.165) is 0 Å². The molecule has 0 radical (unpaired) electrons. The first-order chi connectivity index (χ1) is 9.66. The molecular formula is C10H10F3IN2O5. The normalized spacial score (nSPS) is 29.8. The van der Waals surface area contributed by atoms with Crippen LogP contribution in [0.3, 0.4) is 0 Å². The Labute approximate surface area is 128 Å². The summed E-state index contributed by atoms with van der Waals surface area (Å²) in [4.78, 5) is 24.3. The first kappa shape index (κ1) is 16.5. The van der Waals surface area contributed by atoms with Crippen LogP contribution in [0.25, 0.3) is 0 Å². The topological polar surface area (TPSA) is 105 Å². The molecule has 0 amide bonds. The Morgan fingerprint density at radius 1 is 1.33 bits per heavy atom. The molecule has 2 rings (SSSR count). The second kappa shape index (κ2) is 5.70. The van der Waals surface area contributed by atoms with Crippen molar-refractivity contribution in [1.82, 2.24) is 9.55 Å². The maximum atomic E-state index is 12.7. The molecule has 1 aromatic rings. The Bertz CT molecular complexity index is 643. The van der Waals surface area contributed by atoms with E-state index >= 15 is 0 Å². The Morgan fingerprint density at radius 3 is 2.43 bits per heavy atom. The summed E-state index contributed by atoms with van der Waals surface area (Å²) in [5.74, 6) is 0. The van der Waals surface area contributed by atoms with E-state index in [1.165, 1.54) is 4.98 Å². The highest BCUT2D eigenvalue weighted by atomic mass is 127. The standard InChI is InChI=1S/C10H10F3IN2O5/c11-10(12,13)3-2-16(9(20)15-7(3)19)8-6(18)5(17)4(1-14)21-8/h2,4-6,8,17-18H,1H2,(H,15,19,20)/t4-,5-,6-,8-/m1/s1. The first-order valence-corrected chi connectivity index (χ1v) is 7.19. The van der Waals surface area contributed by atoms with Crippen molar-refractivity contribution in [2.24, 2.45) is 0 Å². The number of alkyl halides is 4. The third kappa shape index (κ3) is 3.00. The largest absolute Gasteiger partial charge is 0.423 e. The fourth-order valence-corrected chi connectivity index (χ4v) is 2.69. The molecule has 7 nitrogen and oxygen atoms in total. The lowest BCUT2D eigenvalue weighted by atomic mass is 10.1. The maximum absolute atomic E-state index is 12.7. The molecule has 0 bridgehead atoms. The number of aromatic nitrogens is 2. The van der Waals surface area contributed by atoms with Gasteiger partial charge in [0.1, 0.15) is 17.8 Å². The molecular weight excluding hydrogens is 412 g/mol. The van der Waals surface area contributed by atoms with E-state index in [-0.39, 0.29) is 10.6 Å². The van der Waals surface area contributed by atoms with Gasteiger partial charge in [-0.25, -0.2) is 4.79 Å². The van der Waals surface area contributed by atoms with E-state index in [4.69, 9.17) is 4.74 Å². The van der Waals surface area contributed by atoms with Gasteiger partial charge >= 0.3 is 11.9 Å². The lowest BCUT2D eigenvalue weighted by Gasteiger charge is -2.18. The number of halogens is 4. The quantitative estimate of drug-likeness (QED) is 0.445. The van der Waals surface area contributed by atoms with Gasteiger partial charge in [0.05, 0.1) is 6.10 Å². The van der Waals surface area contributed by atoms with Gasteiger partial charge in [-0.1, -0.05) is 22.6 Å². The van der Waals surface area contributed by atoms with E-state index in [0.29, 0.717) is 4.57 Å². The van der Waals surface area contributed by atoms with Crippen molar-refractivity contribution in [2.45, 2.75) is 30.7 Å². The van der Waals surface area contributed by atoms with Crippen LogP contribution in [-0.2, 0) is 10.9 Å². The molecule has 0 aromatic carbocycles. The van der Waals surface area contributed by atoms with Crippen LogP contribution in [0.4, 0.5) is 13.2 Å². The molecule has 0 spiro atoms. The predicted octanol–water partition coefficient (Wildman–Crippen LogP) is -0.390. The molecule has 0 unspecified atom stereocenters. The minimum atomic E-state index is -4.96. The van der Waals surface area contributed by atoms with E-state index in [2.05, 4.69) is 0 Å². The smallest absolute Gasteiger partial charge is 0.387 e. The molecule has 118 valence electrons. The summed E-state index contributed by atoms with van der Waals surface area (Å²) < 4.78 is 43.9. The minimum absolute atomic E-state index is 0.261. The first-order valence-electron chi connectivity index (χ1n) is 5.67. The van der Waals surface area contributed by atoms with Gasteiger partial charge in [-0.15, -0.1) is 0 Å². The molecule has 1 aliphatic heterocycles. The average Bonchev–Trinajstić information content (AvgIpc) is 2.65. The van der Waals surface area contributed by atoms with E-state index < -0.39 is 47.5 Å². The second-order valence-corrected chi connectivity index (χ2v) is 5.29. The summed E-state index contributed by atoms with van der Waals surface area (Å²) in [5, 5.41) is 19.5. The van der Waals surface area contributed by atoms with Crippen LogP contribution in [0.5, 0.6) is 0 Å². The lowest BCUT2D eigenvalue weighted by molar-refractivity contribution is -0.139. The molecule has 0 aliphatic carbocycles. The van der Waals surface area contributed by atoms with Gasteiger partial charge in [0.25, 0.3) is 5.56 Å². The number of H-pyrrole nitrogens is 1. The maximum Gasteiger partial charge on any atom is 0.423 e. The molecule has 1 aromatic heterocycles. The van der Waals surface area contributed by atoms with Crippen molar-refractivity contribution >= 4 is 22.6 Å². The van der Waals surface area contributed by atoms with Crippen LogP contribution in [0.15, 0.2) is 15.8 Å². The summed E-state index contributed by atoms with van der Waals surface area (Å²) in [6.45, 7) is 0. The summed E-state index contributed by atoms with van der Waals surface area (Å²) in [7, 11) is 0. The molecule has 1 fully saturated rings. The predicted molar refractivity (Wildman–Crippen MR) is 71.1 cm³/mol. The third-order valence-electron chi connectivity index (χ3n) is 3.04. The average molecular weight is 422 g/mol. The molecule has 11 heteroatoms. The molecule has 4 atom stereocenters. The number of ether oxygens (including phenoxy) is 1. The van der Waals surface area contributed by atoms with Crippen molar-refractivity contribution in [3.63, 3.8) is 0 Å². The summed E-state index contributed by atoms with van der Waals surface area (Å²) in [5.41, 5.74) is -4.34. The molecule has 1 aliphatic rings. The Kier molecular flexibility index (Phi) is 4.46. The summed E-state index contributed by atoms with van der Waals surface area (Å²) in [6, 6.07) is 0. The van der Waals surface area contributed by atoms with Gasteiger partial charge in [-0.3, -0.25) is 14.3 Å². The highest BCUT2D eigenvalue weighted by Gasteiger charge is 2.44. The zero-order valence-corrected chi connectivity index (χ0v) is 12.3. The monoisotopic (exact) mass is 422 g/mol. The SMILES string of the molecule is O=c1[nH]c(=O)n([C@@H]2O[C@H](CI)[C@@H](O)[C@H]2O)cc1C(F)(F)F. The third-order valence-corrected chi connectivity index (χ3v) is 3.90. The van der Waals surface area contributed by atoms with Gasteiger partial charge in [-0.05, 0) is 0 Å². The van der Waals surface area contributed by atoms with E-state index in [9.17, 15) is 33.0 Å². The Balaban J connectivity index is 2.50. The summed E-state index contributed by atoms with van der Waals surface area (Å²) >= 11 is 1.86. The Hall–Kier alpha value is -0.920. The second-order valence-electron chi connectivity index (χ2n) is 4.41. The van der Waals surface area contributed by atoms with Crippen LogP contribution in [0.2, 0.25) is 0 Å². The van der Waals surface area contributed by atoms with Crippen molar-refractivity contribution in [3.05, 3.63) is 32.6 Å². The number of nitrogens with one attached hydrogen (secondary N) is 1. The Morgan fingerprint density at radius 2 is 1.95 bits per heavy atom. The van der Waals surface area contributed by atoms with Crippen LogP contribution >= 0.6 is 22.6 Å². The fraction of sp³-hybridized carbons (Fsp3) is 0.600. The van der Waals surface area contributed by atoms with Crippen molar-refractivity contribution in [1.29, 1.82) is 0 Å². The van der Waals surface area contributed by atoms with Gasteiger partial charge in [-0.2, -0.15) is 13.2 Å². The minimum Gasteiger partial charge on any atom is -0.387 e. The molecule has 0 saturated carbocycles. The van der Waals surface area contributed by atoms with Gasteiger partial charge < -0.3 is 14.9 Å². The number of hydrogen-bond acceptors (Lipinski definition) is 5. The molecule has 3 N–H and O–H groups in total. The number of rotatable bonds is 2. The van der Waals surface area contributed by atoms with E-state index in [1.54, 1.807) is 0 Å². The van der Waals surface area contributed by atoms with Gasteiger partial charge in [0.2, 0.25) is 0 Å².